The summed E-state index contributed by atoms with van der Waals surface area (Å²) in [6.45, 7) is 0. The molecule has 1 aliphatic rings. The summed E-state index contributed by atoms with van der Waals surface area (Å²) < 4.78 is 0. The van der Waals surface area contributed by atoms with Crippen LogP contribution in [0.1, 0.15) is 5.56 Å². The van der Waals surface area contributed by atoms with Crippen LogP contribution in [0.2, 0.25) is 25.1 Å². The highest BCUT2D eigenvalue weighted by Gasteiger charge is 2.46. The summed E-state index contributed by atoms with van der Waals surface area (Å²) in [4.78, 5) is 0. The van der Waals surface area contributed by atoms with Gasteiger partial charge in [-0.1, -0.05) is 81.2 Å². The third-order valence-electron chi connectivity index (χ3n) is 3.02. The lowest BCUT2D eigenvalue weighted by Gasteiger charge is -2.35. The smallest absolute Gasteiger partial charge is 0.136 e. The first-order valence-electron chi connectivity index (χ1n) is 5.39. The van der Waals surface area contributed by atoms with Crippen LogP contribution >= 0.6 is 92.8 Å². The van der Waals surface area contributed by atoms with Gasteiger partial charge in [-0.25, -0.2) is 0 Å². The maximum atomic E-state index is 10.9. The molecule has 0 aromatic heterocycles. The topological polar surface area (TPSA) is 40.5 Å². The molecule has 0 heterocycles. The molecule has 2 N–H and O–H groups in total. The zero-order valence-corrected chi connectivity index (χ0v) is 16.1. The van der Waals surface area contributed by atoms with Gasteiger partial charge < -0.3 is 10.2 Å². The first-order chi connectivity index (χ1) is 10.0. The highest BCUT2D eigenvalue weighted by Crippen LogP contribution is 2.52. The van der Waals surface area contributed by atoms with Gasteiger partial charge in [-0.15, -0.1) is 11.6 Å². The predicted molar refractivity (Wildman–Crippen MR) is 94.5 cm³/mol. The SMILES string of the molecule is OC1=C(Cl)C(Cl)=CC(O)(c2c(Cl)c(Cl)c(Cl)c(Cl)c2Cl)C1Cl. The summed E-state index contributed by atoms with van der Waals surface area (Å²) in [5, 5.41) is 18.4. The van der Waals surface area contributed by atoms with Crippen molar-refractivity contribution in [2.24, 2.45) is 0 Å². The largest absolute Gasteiger partial charge is 0.509 e. The van der Waals surface area contributed by atoms with E-state index in [9.17, 15) is 10.2 Å². The van der Waals surface area contributed by atoms with Crippen LogP contribution in [0.4, 0.5) is 0 Å². The van der Waals surface area contributed by atoms with Gasteiger partial charge in [0.1, 0.15) is 16.7 Å². The Bertz CT molecular complexity index is 697. The van der Waals surface area contributed by atoms with Crippen molar-refractivity contribution in [3.8, 4) is 0 Å². The zero-order valence-electron chi connectivity index (χ0n) is 10.1. The number of hydrogen-bond donors (Lipinski definition) is 2. The molecule has 0 radical (unpaired) electrons. The molecular formula is C12H4Cl8O2. The summed E-state index contributed by atoms with van der Waals surface area (Å²) in [7, 11) is 0. The van der Waals surface area contributed by atoms with E-state index in [1.54, 1.807) is 0 Å². The van der Waals surface area contributed by atoms with Crippen LogP contribution in [-0.4, -0.2) is 15.6 Å². The molecule has 2 nitrogen and oxygen atoms in total. The first kappa shape index (κ1) is 19.1. The van der Waals surface area contributed by atoms with Crippen LogP contribution in [0.5, 0.6) is 0 Å². The summed E-state index contributed by atoms with van der Waals surface area (Å²) in [5.74, 6) is -0.548. The number of aliphatic hydroxyl groups excluding tert-OH is 1. The lowest BCUT2D eigenvalue weighted by atomic mass is 9.85. The average Bonchev–Trinajstić information content (AvgIpc) is 2.47. The Labute approximate surface area is 165 Å². The second-order valence-corrected chi connectivity index (χ2v) is 7.44. The molecule has 2 atom stereocenters. The molecule has 0 fully saturated rings. The highest BCUT2D eigenvalue weighted by atomic mass is 35.5. The van der Waals surface area contributed by atoms with Crippen LogP contribution < -0.4 is 0 Å². The maximum Gasteiger partial charge on any atom is 0.136 e. The molecule has 22 heavy (non-hydrogen) atoms. The van der Waals surface area contributed by atoms with E-state index < -0.39 is 16.7 Å². The Morgan fingerprint density at radius 1 is 0.818 bits per heavy atom. The minimum Gasteiger partial charge on any atom is -0.509 e. The number of benzene rings is 1. The molecule has 120 valence electrons. The molecule has 0 saturated heterocycles. The Kier molecular flexibility index (Phi) is 5.72. The molecule has 10 heteroatoms. The summed E-state index contributed by atoms with van der Waals surface area (Å²) in [6, 6.07) is 0. The molecule has 2 unspecified atom stereocenters. The van der Waals surface area contributed by atoms with Crippen molar-refractivity contribution in [2.75, 3.05) is 0 Å². The molecule has 0 bridgehead atoms. The van der Waals surface area contributed by atoms with Crippen molar-refractivity contribution in [3.05, 3.63) is 52.6 Å². The Morgan fingerprint density at radius 3 is 1.68 bits per heavy atom. The summed E-state index contributed by atoms with van der Waals surface area (Å²) in [5.41, 5.74) is -2.25. The number of hydrogen-bond acceptors (Lipinski definition) is 2. The highest BCUT2D eigenvalue weighted by molar-refractivity contribution is 6.55. The van der Waals surface area contributed by atoms with Crippen molar-refractivity contribution < 1.29 is 10.2 Å². The third-order valence-corrected chi connectivity index (χ3v) is 6.63. The van der Waals surface area contributed by atoms with Crippen molar-refractivity contribution in [1.82, 2.24) is 0 Å². The van der Waals surface area contributed by atoms with E-state index >= 15 is 0 Å². The van der Waals surface area contributed by atoms with Crippen LogP contribution in [0.15, 0.2) is 21.9 Å². The maximum absolute atomic E-state index is 10.9. The molecular weight excluding hydrogens is 460 g/mol. The van der Waals surface area contributed by atoms with Gasteiger partial charge in [0, 0.05) is 5.56 Å². The Hall–Kier alpha value is 0.780. The molecule has 1 aromatic rings. The minimum absolute atomic E-state index is 0.0829. The Morgan fingerprint density at radius 2 is 1.23 bits per heavy atom. The van der Waals surface area contributed by atoms with Gasteiger partial charge in [-0.05, 0) is 6.08 Å². The van der Waals surface area contributed by atoms with Gasteiger partial charge >= 0.3 is 0 Å². The molecule has 0 saturated carbocycles. The second-order valence-electron chi connectivity index (χ2n) is 4.32. The summed E-state index contributed by atoms with van der Waals surface area (Å²) >= 11 is 47.8. The molecule has 1 aliphatic carbocycles. The van der Waals surface area contributed by atoms with E-state index in [1.165, 1.54) is 0 Å². The molecule has 1 aromatic carbocycles. The number of halogens is 8. The lowest BCUT2D eigenvalue weighted by molar-refractivity contribution is 0.0788. The van der Waals surface area contributed by atoms with Gasteiger partial charge in [0.15, 0.2) is 0 Å². The van der Waals surface area contributed by atoms with Gasteiger partial charge in [0.2, 0.25) is 0 Å². The van der Waals surface area contributed by atoms with Gasteiger partial charge in [0.25, 0.3) is 0 Å². The minimum atomic E-state index is -2.10. The number of rotatable bonds is 1. The standard InChI is InChI=1S/C12H4Cl8O2/c13-2-1-12(22,11(20)10(21)4(2)14)3-5(15)7(17)9(19)8(18)6(3)16/h1,11,21-22H. The quantitative estimate of drug-likeness (QED) is 0.270. The zero-order chi connectivity index (χ0) is 17.0. The molecule has 0 aliphatic heterocycles. The van der Waals surface area contributed by atoms with Crippen molar-refractivity contribution in [3.63, 3.8) is 0 Å². The van der Waals surface area contributed by atoms with E-state index in [-0.39, 0.29) is 40.7 Å². The van der Waals surface area contributed by atoms with E-state index in [0.29, 0.717) is 0 Å². The average molecular weight is 464 g/mol. The number of allylic oxidation sites excluding steroid dienone is 2. The van der Waals surface area contributed by atoms with E-state index in [0.717, 1.165) is 6.08 Å². The number of alkyl halides is 1. The van der Waals surface area contributed by atoms with Gasteiger partial charge in [-0.2, -0.15) is 0 Å². The van der Waals surface area contributed by atoms with Gasteiger partial charge in [-0.3, -0.25) is 0 Å². The van der Waals surface area contributed by atoms with E-state index in [2.05, 4.69) is 0 Å². The van der Waals surface area contributed by atoms with Gasteiger partial charge in [0.05, 0.1) is 35.2 Å². The lowest BCUT2D eigenvalue weighted by Crippen LogP contribution is -2.39. The number of aliphatic hydroxyl groups is 2. The first-order valence-corrected chi connectivity index (χ1v) is 8.48. The fraction of sp³-hybridized carbons (Fsp3) is 0.167. The van der Waals surface area contributed by atoms with Crippen molar-refractivity contribution in [1.29, 1.82) is 0 Å². The molecule has 0 amide bonds. The normalized spacial score (nSPS) is 25.5. The fourth-order valence-corrected chi connectivity index (χ4v) is 4.13. The fourth-order valence-electron chi connectivity index (χ4n) is 1.93. The van der Waals surface area contributed by atoms with Crippen molar-refractivity contribution >= 4 is 92.8 Å². The van der Waals surface area contributed by atoms with Crippen LogP contribution in [-0.2, 0) is 5.60 Å². The Balaban J connectivity index is 2.83. The monoisotopic (exact) mass is 460 g/mol. The van der Waals surface area contributed by atoms with Crippen molar-refractivity contribution in [2.45, 2.75) is 11.0 Å². The summed E-state index contributed by atoms with van der Waals surface area (Å²) in [6.07, 6.45) is 1.09. The third kappa shape index (κ3) is 2.81. The van der Waals surface area contributed by atoms with E-state index in [1.807, 2.05) is 0 Å². The second kappa shape index (κ2) is 6.59. The van der Waals surface area contributed by atoms with Crippen LogP contribution in [0, 0.1) is 0 Å². The van der Waals surface area contributed by atoms with Crippen LogP contribution in [0.3, 0.4) is 0 Å². The molecule has 2 rings (SSSR count). The molecule has 0 spiro atoms. The van der Waals surface area contributed by atoms with Crippen LogP contribution in [0.25, 0.3) is 0 Å². The van der Waals surface area contributed by atoms with E-state index in [4.69, 9.17) is 92.8 Å². The predicted octanol–water partition coefficient (Wildman–Crippen LogP) is 6.89.